The van der Waals surface area contributed by atoms with Gasteiger partial charge in [0.05, 0.1) is 0 Å². The molecule has 0 fully saturated rings. The first-order chi connectivity index (χ1) is 6.24. The van der Waals surface area contributed by atoms with Gasteiger partial charge in [-0.15, -0.1) is 0 Å². The first kappa shape index (κ1) is 12.9. The maximum absolute atomic E-state index is 5.64. The molecule has 0 aromatic heterocycles. The fourth-order valence-electron chi connectivity index (χ4n) is 1.38. The summed E-state index contributed by atoms with van der Waals surface area (Å²) in [6.07, 6.45) is 2.28. The SMILES string of the molecule is CCC(CN)CN(C)CCCOC. The van der Waals surface area contributed by atoms with Crippen molar-refractivity contribution in [2.45, 2.75) is 19.8 Å². The van der Waals surface area contributed by atoms with Gasteiger partial charge < -0.3 is 15.4 Å². The quantitative estimate of drug-likeness (QED) is 0.576. The van der Waals surface area contributed by atoms with Gasteiger partial charge in [-0.2, -0.15) is 0 Å². The molecule has 80 valence electrons. The van der Waals surface area contributed by atoms with Crippen molar-refractivity contribution in [2.24, 2.45) is 11.7 Å². The molecule has 0 aromatic carbocycles. The van der Waals surface area contributed by atoms with Crippen molar-refractivity contribution >= 4 is 0 Å². The zero-order valence-electron chi connectivity index (χ0n) is 9.25. The van der Waals surface area contributed by atoms with E-state index < -0.39 is 0 Å². The second-order valence-electron chi connectivity index (χ2n) is 3.62. The first-order valence-electron chi connectivity index (χ1n) is 5.12. The van der Waals surface area contributed by atoms with Gasteiger partial charge in [-0.25, -0.2) is 0 Å². The van der Waals surface area contributed by atoms with E-state index in [4.69, 9.17) is 10.5 Å². The smallest absolute Gasteiger partial charge is 0.0474 e. The molecule has 0 bridgehead atoms. The number of methoxy groups -OCH3 is 1. The average molecular weight is 188 g/mol. The summed E-state index contributed by atoms with van der Waals surface area (Å²) in [5.74, 6) is 0.646. The molecular weight excluding hydrogens is 164 g/mol. The van der Waals surface area contributed by atoms with Gasteiger partial charge in [-0.3, -0.25) is 0 Å². The topological polar surface area (TPSA) is 38.5 Å². The average Bonchev–Trinajstić information content (AvgIpc) is 2.14. The van der Waals surface area contributed by atoms with Crippen LogP contribution in [0.15, 0.2) is 0 Å². The lowest BCUT2D eigenvalue weighted by Crippen LogP contribution is -2.30. The molecule has 3 nitrogen and oxygen atoms in total. The molecule has 1 atom stereocenters. The minimum Gasteiger partial charge on any atom is -0.385 e. The van der Waals surface area contributed by atoms with Crippen molar-refractivity contribution in [3.8, 4) is 0 Å². The minimum atomic E-state index is 0.646. The van der Waals surface area contributed by atoms with Crippen molar-refractivity contribution in [1.29, 1.82) is 0 Å². The van der Waals surface area contributed by atoms with Gasteiger partial charge in [0.1, 0.15) is 0 Å². The lowest BCUT2D eigenvalue weighted by molar-refractivity contribution is 0.174. The summed E-state index contributed by atoms with van der Waals surface area (Å²) in [4.78, 5) is 2.33. The van der Waals surface area contributed by atoms with Gasteiger partial charge in [0, 0.05) is 26.8 Å². The third-order valence-electron chi connectivity index (χ3n) is 2.37. The van der Waals surface area contributed by atoms with Crippen LogP contribution >= 0.6 is 0 Å². The van der Waals surface area contributed by atoms with Gasteiger partial charge in [0.25, 0.3) is 0 Å². The Morgan fingerprint density at radius 2 is 2.15 bits per heavy atom. The number of nitrogens with two attached hydrogens (primary N) is 1. The van der Waals surface area contributed by atoms with Crippen molar-refractivity contribution in [3.05, 3.63) is 0 Å². The van der Waals surface area contributed by atoms with Crippen LogP contribution in [0.25, 0.3) is 0 Å². The molecule has 2 N–H and O–H groups in total. The summed E-state index contributed by atoms with van der Waals surface area (Å²) in [6, 6.07) is 0. The van der Waals surface area contributed by atoms with E-state index in [0.717, 1.165) is 32.7 Å². The van der Waals surface area contributed by atoms with Crippen molar-refractivity contribution in [2.75, 3.05) is 40.4 Å². The first-order valence-corrected chi connectivity index (χ1v) is 5.12. The lowest BCUT2D eigenvalue weighted by atomic mass is 10.1. The number of ether oxygens (including phenoxy) is 1. The maximum Gasteiger partial charge on any atom is 0.0474 e. The third kappa shape index (κ3) is 6.99. The number of nitrogens with zero attached hydrogens (tertiary/aromatic N) is 1. The van der Waals surface area contributed by atoms with Crippen LogP contribution in [-0.2, 0) is 4.74 Å². The molecule has 1 unspecified atom stereocenters. The Kier molecular flexibility index (Phi) is 8.40. The van der Waals surface area contributed by atoms with E-state index >= 15 is 0 Å². The van der Waals surface area contributed by atoms with Crippen molar-refractivity contribution < 1.29 is 4.74 Å². The summed E-state index contributed by atoms with van der Waals surface area (Å²) in [5.41, 5.74) is 5.64. The summed E-state index contributed by atoms with van der Waals surface area (Å²) >= 11 is 0. The van der Waals surface area contributed by atoms with E-state index in [2.05, 4.69) is 18.9 Å². The molecule has 0 aliphatic carbocycles. The van der Waals surface area contributed by atoms with Crippen LogP contribution in [0.3, 0.4) is 0 Å². The second kappa shape index (κ2) is 8.48. The van der Waals surface area contributed by atoms with E-state index in [-0.39, 0.29) is 0 Å². The summed E-state index contributed by atoms with van der Waals surface area (Å²) < 4.78 is 5.00. The molecule has 0 amide bonds. The molecule has 0 aliphatic rings. The highest BCUT2D eigenvalue weighted by Crippen LogP contribution is 2.02. The van der Waals surface area contributed by atoms with E-state index in [1.54, 1.807) is 7.11 Å². The van der Waals surface area contributed by atoms with E-state index in [9.17, 15) is 0 Å². The predicted octanol–water partition coefficient (Wildman–Crippen LogP) is 0.940. The summed E-state index contributed by atoms with van der Waals surface area (Å²) in [6.45, 7) is 6.05. The van der Waals surface area contributed by atoms with Crippen molar-refractivity contribution in [3.63, 3.8) is 0 Å². The standard InChI is InChI=1S/C10H24N2O/c1-4-10(8-11)9-12(2)6-5-7-13-3/h10H,4-9,11H2,1-3H3. The molecule has 0 aliphatic heterocycles. The highest BCUT2D eigenvalue weighted by Gasteiger charge is 2.06. The van der Waals surface area contributed by atoms with Crippen LogP contribution < -0.4 is 5.73 Å². The Balaban J connectivity index is 3.42. The molecular formula is C10H24N2O. The molecule has 0 radical (unpaired) electrons. The van der Waals surface area contributed by atoms with Gasteiger partial charge in [-0.05, 0) is 25.9 Å². The Morgan fingerprint density at radius 1 is 1.46 bits per heavy atom. The van der Waals surface area contributed by atoms with Gasteiger partial charge >= 0.3 is 0 Å². The Bertz CT molecular complexity index is 105. The second-order valence-corrected chi connectivity index (χ2v) is 3.62. The summed E-state index contributed by atoms with van der Waals surface area (Å²) in [5, 5.41) is 0. The van der Waals surface area contributed by atoms with E-state index in [1.165, 1.54) is 6.42 Å². The van der Waals surface area contributed by atoms with Crippen LogP contribution in [0, 0.1) is 5.92 Å². The fraction of sp³-hybridized carbons (Fsp3) is 1.00. The van der Waals surface area contributed by atoms with Gasteiger partial charge in [0.15, 0.2) is 0 Å². The predicted molar refractivity (Wildman–Crippen MR) is 56.8 cm³/mol. The van der Waals surface area contributed by atoms with Gasteiger partial charge in [-0.1, -0.05) is 13.3 Å². The van der Waals surface area contributed by atoms with Crippen LogP contribution in [0.1, 0.15) is 19.8 Å². The lowest BCUT2D eigenvalue weighted by Gasteiger charge is -2.21. The molecule has 0 rings (SSSR count). The number of rotatable bonds is 8. The molecule has 0 saturated carbocycles. The van der Waals surface area contributed by atoms with E-state index in [0.29, 0.717) is 5.92 Å². The third-order valence-corrected chi connectivity index (χ3v) is 2.37. The molecule has 0 aromatic rings. The largest absolute Gasteiger partial charge is 0.385 e. The zero-order chi connectivity index (χ0) is 10.1. The minimum absolute atomic E-state index is 0.646. The zero-order valence-corrected chi connectivity index (χ0v) is 9.25. The Hall–Kier alpha value is -0.120. The Labute approximate surface area is 82.2 Å². The van der Waals surface area contributed by atoms with Crippen LogP contribution in [0.2, 0.25) is 0 Å². The number of hydrogen-bond donors (Lipinski definition) is 1. The summed E-state index contributed by atoms with van der Waals surface area (Å²) in [7, 11) is 3.89. The van der Waals surface area contributed by atoms with Crippen LogP contribution in [0.5, 0.6) is 0 Å². The Morgan fingerprint density at radius 3 is 2.62 bits per heavy atom. The molecule has 0 saturated heterocycles. The van der Waals surface area contributed by atoms with Gasteiger partial charge in [0.2, 0.25) is 0 Å². The fourth-order valence-corrected chi connectivity index (χ4v) is 1.38. The molecule has 0 spiro atoms. The van der Waals surface area contributed by atoms with E-state index in [1.807, 2.05) is 0 Å². The van der Waals surface area contributed by atoms with Crippen molar-refractivity contribution in [1.82, 2.24) is 4.90 Å². The molecule has 3 heteroatoms. The van der Waals surface area contributed by atoms with Crippen LogP contribution in [-0.4, -0.2) is 45.3 Å². The molecule has 0 heterocycles. The maximum atomic E-state index is 5.64. The number of hydrogen-bond acceptors (Lipinski definition) is 3. The highest BCUT2D eigenvalue weighted by molar-refractivity contribution is 4.62. The normalized spacial score (nSPS) is 13.6. The highest BCUT2D eigenvalue weighted by atomic mass is 16.5. The molecule has 13 heavy (non-hydrogen) atoms. The van der Waals surface area contributed by atoms with Crippen LogP contribution in [0.4, 0.5) is 0 Å². The monoisotopic (exact) mass is 188 g/mol.